The van der Waals surface area contributed by atoms with Gasteiger partial charge >= 0.3 is 5.97 Å². The molecule has 0 bridgehead atoms. The first-order valence-corrected chi connectivity index (χ1v) is 9.06. The third kappa shape index (κ3) is 5.30. The van der Waals surface area contributed by atoms with Crippen molar-refractivity contribution in [2.24, 2.45) is 0 Å². The van der Waals surface area contributed by atoms with Gasteiger partial charge in [0.25, 0.3) is 0 Å². The highest BCUT2D eigenvalue weighted by molar-refractivity contribution is 9.10. The maximum atomic E-state index is 12.0. The van der Waals surface area contributed by atoms with Gasteiger partial charge in [0, 0.05) is 11.5 Å². The van der Waals surface area contributed by atoms with Crippen molar-refractivity contribution in [1.29, 1.82) is 0 Å². The molecule has 0 saturated heterocycles. The summed E-state index contributed by atoms with van der Waals surface area (Å²) in [5, 5.41) is 4.76. The Morgan fingerprint density at radius 3 is 2.69 bits per heavy atom. The standard InChI is InChI=1S/C17H17BrN2O5S/c1-23-13-7-10(6-12(18)16(13)25-3)4-5-14(21)20-17-19-11(9-26-17)8-15(22)24-2/h4-7,9H,8H2,1-3H3,(H,19,20,21)/b5-4+. The first-order chi connectivity index (χ1) is 12.5. The van der Waals surface area contributed by atoms with Crippen molar-refractivity contribution >= 4 is 50.4 Å². The Labute approximate surface area is 163 Å². The van der Waals surface area contributed by atoms with Gasteiger partial charge in [0.05, 0.1) is 37.9 Å². The van der Waals surface area contributed by atoms with Crippen molar-refractivity contribution in [3.63, 3.8) is 0 Å². The van der Waals surface area contributed by atoms with Crippen LogP contribution in [0.2, 0.25) is 0 Å². The zero-order valence-corrected chi connectivity index (χ0v) is 16.8. The van der Waals surface area contributed by atoms with E-state index in [1.54, 1.807) is 31.7 Å². The van der Waals surface area contributed by atoms with Crippen LogP contribution in [0.5, 0.6) is 11.5 Å². The number of nitrogens with zero attached hydrogens (tertiary/aromatic N) is 1. The van der Waals surface area contributed by atoms with Crippen LogP contribution >= 0.6 is 27.3 Å². The van der Waals surface area contributed by atoms with Crippen molar-refractivity contribution in [2.45, 2.75) is 6.42 Å². The number of hydrogen-bond donors (Lipinski definition) is 1. The van der Waals surface area contributed by atoms with E-state index in [4.69, 9.17) is 9.47 Å². The second-order valence-electron chi connectivity index (χ2n) is 4.96. The lowest BCUT2D eigenvalue weighted by Crippen LogP contribution is -2.08. The molecule has 0 saturated carbocycles. The van der Waals surface area contributed by atoms with Crippen molar-refractivity contribution in [3.8, 4) is 11.5 Å². The minimum atomic E-state index is -0.382. The van der Waals surface area contributed by atoms with Gasteiger partial charge in [-0.2, -0.15) is 0 Å². The summed E-state index contributed by atoms with van der Waals surface area (Å²) in [4.78, 5) is 27.4. The van der Waals surface area contributed by atoms with Gasteiger partial charge in [0.15, 0.2) is 16.6 Å². The number of amides is 1. The number of anilines is 1. The Morgan fingerprint density at radius 1 is 1.27 bits per heavy atom. The van der Waals surface area contributed by atoms with E-state index < -0.39 is 0 Å². The maximum Gasteiger partial charge on any atom is 0.311 e. The van der Waals surface area contributed by atoms with Crippen LogP contribution in [-0.2, 0) is 20.7 Å². The molecule has 1 aromatic heterocycles. The monoisotopic (exact) mass is 440 g/mol. The maximum absolute atomic E-state index is 12.0. The predicted molar refractivity (Wildman–Crippen MR) is 103 cm³/mol. The van der Waals surface area contributed by atoms with Crippen molar-refractivity contribution in [1.82, 2.24) is 4.98 Å². The van der Waals surface area contributed by atoms with E-state index in [0.717, 1.165) is 5.56 Å². The van der Waals surface area contributed by atoms with E-state index in [1.807, 2.05) is 6.07 Å². The fraction of sp³-hybridized carbons (Fsp3) is 0.235. The Bertz CT molecular complexity index is 835. The van der Waals surface area contributed by atoms with Gasteiger partial charge in [0.2, 0.25) is 5.91 Å². The van der Waals surface area contributed by atoms with Crippen LogP contribution in [0.4, 0.5) is 5.13 Å². The summed E-state index contributed by atoms with van der Waals surface area (Å²) in [6.45, 7) is 0. The van der Waals surface area contributed by atoms with Gasteiger partial charge in [-0.25, -0.2) is 4.98 Å². The second-order valence-corrected chi connectivity index (χ2v) is 6.67. The normalized spacial score (nSPS) is 10.6. The molecule has 0 aliphatic rings. The van der Waals surface area contributed by atoms with Crippen LogP contribution in [0.1, 0.15) is 11.3 Å². The molecule has 1 amide bonds. The number of hydrogen-bond acceptors (Lipinski definition) is 7. The fourth-order valence-corrected chi connectivity index (χ4v) is 3.35. The number of rotatable bonds is 7. The number of carbonyl (C=O) groups excluding carboxylic acids is 2. The molecule has 1 N–H and O–H groups in total. The highest BCUT2D eigenvalue weighted by Crippen LogP contribution is 2.36. The van der Waals surface area contributed by atoms with E-state index in [0.29, 0.717) is 26.8 Å². The zero-order valence-electron chi connectivity index (χ0n) is 14.4. The fourth-order valence-electron chi connectivity index (χ4n) is 2.02. The van der Waals surface area contributed by atoms with E-state index in [9.17, 15) is 9.59 Å². The molecule has 2 rings (SSSR count). The summed E-state index contributed by atoms with van der Waals surface area (Å²) in [5.41, 5.74) is 1.31. The molecule has 0 unspecified atom stereocenters. The van der Waals surface area contributed by atoms with Crippen molar-refractivity contribution in [3.05, 3.63) is 39.3 Å². The number of carbonyl (C=O) groups is 2. The molecule has 138 valence electrons. The number of ether oxygens (including phenoxy) is 3. The van der Waals surface area contributed by atoms with E-state index in [-0.39, 0.29) is 18.3 Å². The van der Waals surface area contributed by atoms with Crippen LogP contribution in [-0.4, -0.2) is 38.2 Å². The first kappa shape index (κ1) is 19.9. The molecule has 0 aliphatic heterocycles. The number of aromatic nitrogens is 1. The quantitative estimate of drug-likeness (QED) is 0.524. The number of thiazole rings is 1. The Balaban J connectivity index is 2.03. The molecular formula is C17H17BrN2O5S. The van der Waals surface area contributed by atoms with E-state index in [2.05, 4.69) is 31.0 Å². The Hall–Kier alpha value is -2.39. The summed E-state index contributed by atoms with van der Waals surface area (Å²) in [6.07, 6.45) is 3.10. The van der Waals surface area contributed by atoms with Gasteiger partial charge in [-0.15, -0.1) is 11.3 Å². The number of halogens is 1. The van der Waals surface area contributed by atoms with Crippen LogP contribution in [0.3, 0.4) is 0 Å². The smallest absolute Gasteiger partial charge is 0.311 e. The lowest BCUT2D eigenvalue weighted by Gasteiger charge is -2.10. The molecule has 0 aliphatic carbocycles. The SMILES string of the molecule is COC(=O)Cc1csc(NC(=O)/C=C/c2cc(Br)c(OC)c(OC)c2)n1. The lowest BCUT2D eigenvalue weighted by atomic mass is 10.2. The molecule has 9 heteroatoms. The van der Waals surface area contributed by atoms with Crippen LogP contribution in [0.15, 0.2) is 28.1 Å². The molecule has 0 fully saturated rings. The molecular weight excluding hydrogens is 424 g/mol. The largest absolute Gasteiger partial charge is 0.493 e. The molecule has 0 atom stereocenters. The summed E-state index contributed by atoms with van der Waals surface area (Å²) in [7, 11) is 4.40. The summed E-state index contributed by atoms with van der Waals surface area (Å²) in [5.74, 6) is 0.409. The molecule has 0 spiro atoms. The molecule has 2 aromatic rings. The van der Waals surface area contributed by atoms with Gasteiger partial charge in [-0.1, -0.05) is 0 Å². The van der Waals surface area contributed by atoms with Crippen LogP contribution in [0.25, 0.3) is 6.08 Å². The van der Waals surface area contributed by atoms with Crippen molar-refractivity contribution in [2.75, 3.05) is 26.6 Å². The highest BCUT2D eigenvalue weighted by atomic mass is 79.9. The van der Waals surface area contributed by atoms with Gasteiger partial charge in [0.1, 0.15) is 0 Å². The molecule has 7 nitrogen and oxygen atoms in total. The summed E-state index contributed by atoms with van der Waals surface area (Å²) in [6, 6.07) is 3.56. The molecule has 26 heavy (non-hydrogen) atoms. The van der Waals surface area contributed by atoms with E-state index >= 15 is 0 Å². The first-order valence-electron chi connectivity index (χ1n) is 7.38. The summed E-state index contributed by atoms with van der Waals surface area (Å²) >= 11 is 4.64. The van der Waals surface area contributed by atoms with Crippen molar-refractivity contribution < 1.29 is 23.8 Å². The van der Waals surface area contributed by atoms with Gasteiger partial charge < -0.3 is 14.2 Å². The number of benzene rings is 1. The number of methoxy groups -OCH3 is 3. The number of esters is 1. The minimum Gasteiger partial charge on any atom is -0.493 e. The van der Waals surface area contributed by atoms with E-state index in [1.165, 1.54) is 24.5 Å². The average Bonchev–Trinajstić information content (AvgIpc) is 3.05. The topological polar surface area (TPSA) is 86.8 Å². The zero-order chi connectivity index (χ0) is 19.1. The molecule has 0 radical (unpaired) electrons. The predicted octanol–water partition coefficient (Wildman–Crippen LogP) is 3.29. The van der Waals surface area contributed by atoms with Gasteiger partial charge in [-0.3, -0.25) is 14.9 Å². The molecule has 1 aromatic carbocycles. The summed E-state index contributed by atoms with van der Waals surface area (Å²) < 4.78 is 15.8. The lowest BCUT2D eigenvalue weighted by molar-refractivity contribution is -0.139. The number of nitrogens with one attached hydrogen (secondary N) is 1. The Kier molecular flexibility index (Phi) is 7.16. The average molecular weight is 441 g/mol. The third-order valence-corrected chi connectivity index (χ3v) is 4.61. The van der Waals surface area contributed by atoms with Crippen LogP contribution < -0.4 is 14.8 Å². The highest BCUT2D eigenvalue weighted by Gasteiger charge is 2.11. The minimum absolute atomic E-state index is 0.0678. The Morgan fingerprint density at radius 2 is 2.04 bits per heavy atom. The van der Waals surface area contributed by atoms with Crippen LogP contribution in [0, 0.1) is 0 Å². The molecule has 1 heterocycles. The second kappa shape index (κ2) is 9.35. The third-order valence-electron chi connectivity index (χ3n) is 3.22. The van der Waals surface area contributed by atoms with Gasteiger partial charge in [-0.05, 0) is 39.7 Å².